The summed E-state index contributed by atoms with van der Waals surface area (Å²) in [6.45, 7) is 2.59. The summed E-state index contributed by atoms with van der Waals surface area (Å²) in [5, 5.41) is 13.0. The Labute approximate surface area is 136 Å². The molecule has 1 heterocycles. The lowest BCUT2D eigenvalue weighted by Gasteiger charge is -2.17. The van der Waals surface area contributed by atoms with E-state index in [-0.39, 0.29) is 0 Å². The Hall–Kier alpha value is -2.80. The van der Waals surface area contributed by atoms with Crippen LogP contribution in [0.4, 0.5) is 5.69 Å². The van der Waals surface area contributed by atoms with Crippen LogP contribution in [0, 0.1) is 11.3 Å². The van der Waals surface area contributed by atoms with Gasteiger partial charge in [0.1, 0.15) is 6.61 Å². The minimum Gasteiger partial charge on any atom is -0.391 e. The third-order valence-corrected chi connectivity index (χ3v) is 4.00. The van der Waals surface area contributed by atoms with Crippen LogP contribution in [0.5, 0.6) is 0 Å². The Bertz CT molecular complexity index is 710. The van der Waals surface area contributed by atoms with Gasteiger partial charge in [0.25, 0.3) is 0 Å². The number of rotatable bonds is 5. The average Bonchev–Trinajstić information content (AvgIpc) is 3.14. The second-order valence-corrected chi connectivity index (χ2v) is 5.56. The van der Waals surface area contributed by atoms with Crippen LogP contribution in [0.3, 0.4) is 0 Å². The Morgan fingerprint density at radius 3 is 2.57 bits per heavy atom. The molecule has 1 fully saturated rings. The van der Waals surface area contributed by atoms with Crippen LogP contribution in [0.25, 0.3) is 0 Å². The molecule has 2 aromatic rings. The van der Waals surface area contributed by atoms with E-state index >= 15 is 0 Å². The fraction of sp³-hybridized carbons (Fsp3) is 0.263. The maximum Gasteiger partial charge on any atom is 0.143 e. The van der Waals surface area contributed by atoms with Gasteiger partial charge < -0.3 is 9.74 Å². The van der Waals surface area contributed by atoms with E-state index in [2.05, 4.69) is 28.3 Å². The SMILES string of the molecule is N#Cc1ccccc1CO/N=C\c1ccc(N2CCCC2)cc1. The van der Waals surface area contributed by atoms with Crippen LogP contribution in [0.1, 0.15) is 29.5 Å². The molecular formula is C19H19N3O. The Morgan fingerprint density at radius 2 is 1.83 bits per heavy atom. The molecule has 3 rings (SSSR count). The molecule has 0 amide bonds. The van der Waals surface area contributed by atoms with E-state index < -0.39 is 0 Å². The third kappa shape index (κ3) is 3.89. The zero-order chi connectivity index (χ0) is 15.9. The molecule has 4 nitrogen and oxygen atoms in total. The quantitative estimate of drug-likeness (QED) is 0.625. The van der Waals surface area contributed by atoms with Gasteiger partial charge in [-0.05, 0) is 36.6 Å². The van der Waals surface area contributed by atoms with Crippen LogP contribution in [-0.2, 0) is 11.4 Å². The van der Waals surface area contributed by atoms with Crippen molar-refractivity contribution in [2.24, 2.45) is 5.16 Å². The second-order valence-electron chi connectivity index (χ2n) is 5.56. The maximum absolute atomic E-state index is 9.02. The third-order valence-electron chi connectivity index (χ3n) is 4.00. The Balaban J connectivity index is 1.55. The van der Waals surface area contributed by atoms with Crippen molar-refractivity contribution in [1.82, 2.24) is 0 Å². The molecule has 0 aromatic heterocycles. The molecule has 0 radical (unpaired) electrons. The highest BCUT2D eigenvalue weighted by molar-refractivity contribution is 5.79. The molecule has 0 N–H and O–H groups in total. The van der Waals surface area contributed by atoms with Gasteiger partial charge in [-0.2, -0.15) is 5.26 Å². The fourth-order valence-corrected chi connectivity index (χ4v) is 2.71. The van der Waals surface area contributed by atoms with Gasteiger partial charge in [-0.3, -0.25) is 0 Å². The van der Waals surface area contributed by atoms with Gasteiger partial charge in [0.2, 0.25) is 0 Å². The molecule has 0 atom stereocenters. The summed E-state index contributed by atoms with van der Waals surface area (Å²) in [6.07, 6.45) is 4.26. The summed E-state index contributed by atoms with van der Waals surface area (Å²) in [5.41, 5.74) is 3.74. The summed E-state index contributed by atoms with van der Waals surface area (Å²) >= 11 is 0. The lowest BCUT2D eigenvalue weighted by atomic mass is 10.1. The summed E-state index contributed by atoms with van der Waals surface area (Å²) in [5.74, 6) is 0. The van der Waals surface area contributed by atoms with Gasteiger partial charge in [0.05, 0.1) is 17.8 Å². The van der Waals surface area contributed by atoms with Crippen LogP contribution in [0.2, 0.25) is 0 Å². The number of hydrogen-bond donors (Lipinski definition) is 0. The molecule has 23 heavy (non-hydrogen) atoms. The van der Waals surface area contributed by atoms with Crippen molar-refractivity contribution in [2.45, 2.75) is 19.4 Å². The topological polar surface area (TPSA) is 48.6 Å². The largest absolute Gasteiger partial charge is 0.391 e. The van der Waals surface area contributed by atoms with Crippen LogP contribution < -0.4 is 4.90 Å². The normalized spacial score (nSPS) is 14.1. The van der Waals surface area contributed by atoms with Crippen molar-refractivity contribution in [2.75, 3.05) is 18.0 Å². The Kier molecular flexibility index (Phi) is 4.90. The van der Waals surface area contributed by atoms with E-state index in [1.807, 2.05) is 30.3 Å². The first-order chi connectivity index (χ1) is 11.4. The molecule has 0 unspecified atom stereocenters. The Morgan fingerprint density at radius 1 is 1.09 bits per heavy atom. The minimum atomic E-state index is 0.298. The number of anilines is 1. The minimum absolute atomic E-state index is 0.298. The zero-order valence-corrected chi connectivity index (χ0v) is 13.0. The molecule has 0 aliphatic carbocycles. The molecule has 1 aliphatic heterocycles. The van der Waals surface area contributed by atoms with E-state index in [4.69, 9.17) is 10.1 Å². The molecule has 1 saturated heterocycles. The first-order valence-electron chi connectivity index (χ1n) is 7.85. The summed E-state index contributed by atoms with van der Waals surface area (Å²) in [7, 11) is 0. The summed E-state index contributed by atoms with van der Waals surface area (Å²) < 4.78 is 0. The average molecular weight is 305 g/mol. The summed E-state index contributed by atoms with van der Waals surface area (Å²) in [6, 6.07) is 17.9. The fourth-order valence-electron chi connectivity index (χ4n) is 2.71. The van der Waals surface area contributed by atoms with Crippen LogP contribution >= 0.6 is 0 Å². The van der Waals surface area contributed by atoms with Gasteiger partial charge in [-0.1, -0.05) is 35.5 Å². The first kappa shape index (κ1) is 15.1. The van der Waals surface area contributed by atoms with Crippen LogP contribution in [0.15, 0.2) is 53.7 Å². The van der Waals surface area contributed by atoms with Crippen molar-refractivity contribution < 1.29 is 4.84 Å². The van der Waals surface area contributed by atoms with Crippen molar-refractivity contribution in [3.05, 3.63) is 65.2 Å². The zero-order valence-electron chi connectivity index (χ0n) is 13.0. The van der Waals surface area contributed by atoms with Crippen molar-refractivity contribution in [3.63, 3.8) is 0 Å². The second kappa shape index (κ2) is 7.46. The number of nitrogens with zero attached hydrogens (tertiary/aromatic N) is 3. The smallest absolute Gasteiger partial charge is 0.143 e. The molecule has 0 bridgehead atoms. The van der Waals surface area contributed by atoms with E-state index in [1.165, 1.54) is 18.5 Å². The van der Waals surface area contributed by atoms with E-state index in [0.717, 1.165) is 24.2 Å². The molecule has 2 aromatic carbocycles. The highest BCUT2D eigenvalue weighted by Crippen LogP contribution is 2.20. The van der Waals surface area contributed by atoms with Gasteiger partial charge in [-0.25, -0.2) is 0 Å². The molecular weight excluding hydrogens is 286 g/mol. The molecule has 4 heteroatoms. The van der Waals surface area contributed by atoms with Gasteiger partial charge in [-0.15, -0.1) is 0 Å². The van der Waals surface area contributed by atoms with Crippen molar-refractivity contribution >= 4 is 11.9 Å². The molecule has 0 saturated carbocycles. The van der Waals surface area contributed by atoms with E-state index in [0.29, 0.717) is 12.2 Å². The maximum atomic E-state index is 9.02. The van der Waals surface area contributed by atoms with E-state index in [1.54, 1.807) is 12.3 Å². The molecule has 116 valence electrons. The number of oxime groups is 1. The lowest BCUT2D eigenvalue weighted by Crippen LogP contribution is -2.17. The van der Waals surface area contributed by atoms with Gasteiger partial charge in [0.15, 0.2) is 0 Å². The van der Waals surface area contributed by atoms with Crippen LogP contribution in [-0.4, -0.2) is 19.3 Å². The monoisotopic (exact) mass is 305 g/mol. The first-order valence-corrected chi connectivity index (χ1v) is 7.85. The molecule has 0 spiro atoms. The van der Waals surface area contributed by atoms with Gasteiger partial charge >= 0.3 is 0 Å². The predicted molar refractivity (Wildman–Crippen MR) is 91.4 cm³/mol. The van der Waals surface area contributed by atoms with Crippen molar-refractivity contribution in [3.8, 4) is 6.07 Å². The van der Waals surface area contributed by atoms with E-state index in [9.17, 15) is 0 Å². The van der Waals surface area contributed by atoms with Crippen molar-refractivity contribution in [1.29, 1.82) is 5.26 Å². The lowest BCUT2D eigenvalue weighted by molar-refractivity contribution is 0.132. The highest BCUT2D eigenvalue weighted by Gasteiger charge is 2.11. The summed E-state index contributed by atoms with van der Waals surface area (Å²) in [4.78, 5) is 7.70. The standard InChI is InChI=1S/C19H19N3O/c20-13-17-5-1-2-6-18(17)15-23-21-14-16-7-9-19(10-8-16)22-11-3-4-12-22/h1-2,5-10,14H,3-4,11-12,15H2/b21-14-. The number of benzene rings is 2. The molecule has 1 aliphatic rings. The van der Waals surface area contributed by atoms with Gasteiger partial charge in [0, 0.05) is 24.3 Å². The number of nitriles is 1. The predicted octanol–water partition coefficient (Wildman–Crippen LogP) is 3.71. The number of hydrogen-bond acceptors (Lipinski definition) is 4. The highest BCUT2D eigenvalue weighted by atomic mass is 16.6.